The van der Waals surface area contributed by atoms with Gasteiger partial charge in [-0.2, -0.15) is 0 Å². The predicted octanol–water partition coefficient (Wildman–Crippen LogP) is 3.93. The zero-order valence-electron chi connectivity index (χ0n) is 15.2. The molecule has 0 radical (unpaired) electrons. The van der Waals surface area contributed by atoms with E-state index in [9.17, 15) is 10.2 Å². The number of benzene rings is 1. The molecule has 140 valence electrons. The summed E-state index contributed by atoms with van der Waals surface area (Å²) >= 11 is 0. The minimum absolute atomic E-state index is 0.0183. The SMILES string of the molecule is COC[C@H]1CCC[C@H]1CCCCCC1Nc2ccc(O)cc2NC1O. The third kappa shape index (κ3) is 4.79. The van der Waals surface area contributed by atoms with Gasteiger partial charge in [-0.3, -0.25) is 0 Å². The third-order valence-electron chi connectivity index (χ3n) is 5.82. The fraction of sp³-hybridized carbons (Fsp3) is 0.700. The molecule has 5 heteroatoms. The van der Waals surface area contributed by atoms with Gasteiger partial charge in [0.2, 0.25) is 0 Å². The Bertz CT molecular complexity index is 552. The van der Waals surface area contributed by atoms with Crippen molar-refractivity contribution in [2.24, 2.45) is 11.8 Å². The Kier molecular flexibility index (Phi) is 6.43. The van der Waals surface area contributed by atoms with Crippen molar-refractivity contribution in [1.82, 2.24) is 0 Å². The van der Waals surface area contributed by atoms with Crippen molar-refractivity contribution < 1.29 is 14.9 Å². The molecule has 1 saturated carbocycles. The summed E-state index contributed by atoms with van der Waals surface area (Å²) in [6, 6.07) is 5.18. The quantitative estimate of drug-likeness (QED) is 0.423. The molecule has 3 rings (SSSR count). The number of unbranched alkanes of at least 4 members (excludes halogenated alkanes) is 2. The zero-order chi connectivity index (χ0) is 17.6. The number of aromatic hydroxyl groups is 1. The number of anilines is 2. The van der Waals surface area contributed by atoms with E-state index in [1.54, 1.807) is 12.1 Å². The number of phenols is 1. The van der Waals surface area contributed by atoms with E-state index >= 15 is 0 Å². The van der Waals surface area contributed by atoms with E-state index in [0.717, 1.165) is 42.7 Å². The molecular formula is C20H32N2O3. The van der Waals surface area contributed by atoms with Crippen molar-refractivity contribution in [3.8, 4) is 5.75 Å². The molecule has 0 bridgehead atoms. The van der Waals surface area contributed by atoms with Crippen LogP contribution in [0.15, 0.2) is 18.2 Å². The highest BCUT2D eigenvalue weighted by Crippen LogP contribution is 2.36. The Morgan fingerprint density at radius 1 is 1.04 bits per heavy atom. The van der Waals surface area contributed by atoms with E-state index in [0.29, 0.717) is 0 Å². The predicted molar refractivity (Wildman–Crippen MR) is 101 cm³/mol. The molecule has 0 spiro atoms. The van der Waals surface area contributed by atoms with Crippen LogP contribution < -0.4 is 10.6 Å². The maximum absolute atomic E-state index is 10.3. The lowest BCUT2D eigenvalue weighted by Gasteiger charge is -2.33. The molecule has 1 aliphatic carbocycles. The molecule has 5 nitrogen and oxygen atoms in total. The first-order valence-electron chi connectivity index (χ1n) is 9.70. The largest absolute Gasteiger partial charge is 0.508 e. The van der Waals surface area contributed by atoms with Crippen LogP contribution in [0.1, 0.15) is 51.4 Å². The van der Waals surface area contributed by atoms with E-state index < -0.39 is 6.23 Å². The van der Waals surface area contributed by atoms with Crippen molar-refractivity contribution >= 4 is 11.4 Å². The fourth-order valence-electron chi connectivity index (χ4n) is 4.42. The summed E-state index contributed by atoms with van der Waals surface area (Å²) in [5.74, 6) is 1.82. The molecule has 0 aromatic heterocycles. The van der Waals surface area contributed by atoms with Crippen molar-refractivity contribution in [2.45, 2.75) is 63.6 Å². The highest BCUT2D eigenvalue weighted by atomic mass is 16.5. The van der Waals surface area contributed by atoms with Crippen molar-refractivity contribution in [3.05, 3.63) is 18.2 Å². The molecule has 0 amide bonds. The van der Waals surface area contributed by atoms with E-state index in [4.69, 9.17) is 4.74 Å². The standard InChI is InChI=1S/C20H32N2O3/c1-25-13-15-8-5-7-14(15)6-3-2-4-9-18-20(24)22-19-12-16(23)10-11-17(19)21-18/h10-12,14-15,18,20-24H,2-9,13H2,1H3/t14-,15-,18?,20?/m1/s1. The molecule has 0 saturated heterocycles. The van der Waals surface area contributed by atoms with Gasteiger partial charge in [0.25, 0.3) is 0 Å². The lowest BCUT2D eigenvalue weighted by Crippen LogP contribution is -2.42. The second kappa shape index (κ2) is 8.77. The first-order valence-corrected chi connectivity index (χ1v) is 9.70. The van der Waals surface area contributed by atoms with Crippen LogP contribution in [0, 0.1) is 11.8 Å². The average molecular weight is 348 g/mol. The van der Waals surface area contributed by atoms with Crippen LogP contribution in [0.25, 0.3) is 0 Å². The molecular weight excluding hydrogens is 316 g/mol. The number of phenolic OH excluding ortho intramolecular Hbond substituents is 1. The lowest BCUT2D eigenvalue weighted by atomic mass is 9.91. The highest BCUT2D eigenvalue weighted by molar-refractivity contribution is 5.73. The summed E-state index contributed by atoms with van der Waals surface area (Å²) in [4.78, 5) is 0. The highest BCUT2D eigenvalue weighted by Gasteiger charge is 2.27. The second-order valence-electron chi connectivity index (χ2n) is 7.61. The average Bonchev–Trinajstić information content (AvgIpc) is 3.02. The minimum atomic E-state index is -0.616. The Labute approximate surface area is 150 Å². The van der Waals surface area contributed by atoms with Gasteiger partial charge in [0, 0.05) is 19.8 Å². The summed E-state index contributed by atoms with van der Waals surface area (Å²) in [5, 5.41) is 26.3. The molecule has 1 aromatic carbocycles. The molecule has 1 aliphatic heterocycles. The molecule has 4 N–H and O–H groups in total. The number of hydrogen-bond acceptors (Lipinski definition) is 5. The van der Waals surface area contributed by atoms with Crippen LogP contribution in [0.5, 0.6) is 5.75 Å². The summed E-state index contributed by atoms with van der Waals surface area (Å²) in [6.45, 7) is 0.920. The number of nitrogens with one attached hydrogen (secondary N) is 2. The number of aliphatic hydroxyl groups excluding tert-OH is 1. The van der Waals surface area contributed by atoms with Crippen LogP contribution >= 0.6 is 0 Å². The number of methoxy groups -OCH3 is 1. The topological polar surface area (TPSA) is 73.8 Å². The smallest absolute Gasteiger partial charge is 0.144 e. The zero-order valence-corrected chi connectivity index (χ0v) is 15.2. The van der Waals surface area contributed by atoms with Crippen LogP contribution in [0.2, 0.25) is 0 Å². The number of hydrogen-bond donors (Lipinski definition) is 4. The van der Waals surface area contributed by atoms with Gasteiger partial charge in [-0.25, -0.2) is 0 Å². The summed E-state index contributed by atoms with van der Waals surface area (Å²) < 4.78 is 5.35. The van der Waals surface area contributed by atoms with Gasteiger partial charge in [0.05, 0.1) is 17.4 Å². The third-order valence-corrected chi connectivity index (χ3v) is 5.82. The van der Waals surface area contributed by atoms with Crippen molar-refractivity contribution in [3.63, 3.8) is 0 Å². The number of rotatable bonds is 8. The molecule has 1 fully saturated rings. The van der Waals surface area contributed by atoms with E-state index in [1.165, 1.54) is 38.5 Å². The molecule has 1 heterocycles. The Morgan fingerprint density at radius 2 is 1.84 bits per heavy atom. The molecule has 4 atom stereocenters. The minimum Gasteiger partial charge on any atom is -0.508 e. The summed E-state index contributed by atoms with van der Waals surface area (Å²) in [5.41, 5.74) is 1.70. The van der Waals surface area contributed by atoms with Crippen LogP contribution in [0.4, 0.5) is 11.4 Å². The maximum Gasteiger partial charge on any atom is 0.144 e. The van der Waals surface area contributed by atoms with Gasteiger partial charge in [0.1, 0.15) is 12.0 Å². The van der Waals surface area contributed by atoms with Gasteiger partial charge in [-0.05, 0) is 36.8 Å². The molecule has 2 aliphatic rings. The van der Waals surface area contributed by atoms with Crippen LogP contribution in [-0.2, 0) is 4.74 Å². The van der Waals surface area contributed by atoms with Gasteiger partial charge >= 0.3 is 0 Å². The molecule has 2 unspecified atom stereocenters. The Balaban J connectivity index is 1.37. The Hall–Kier alpha value is -1.46. The summed E-state index contributed by atoms with van der Waals surface area (Å²) in [6.07, 6.45) is 9.30. The fourth-order valence-corrected chi connectivity index (χ4v) is 4.42. The number of aliphatic hydroxyl groups is 1. The normalized spacial score (nSPS) is 28.2. The number of ether oxygens (including phenoxy) is 1. The lowest BCUT2D eigenvalue weighted by molar-refractivity contribution is 0.129. The van der Waals surface area contributed by atoms with Crippen molar-refractivity contribution in [2.75, 3.05) is 24.4 Å². The second-order valence-corrected chi connectivity index (χ2v) is 7.61. The first-order chi connectivity index (χ1) is 12.2. The molecule has 25 heavy (non-hydrogen) atoms. The van der Waals surface area contributed by atoms with Gasteiger partial charge < -0.3 is 25.6 Å². The number of fused-ring (bicyclic) bond motifs is 1. The van der Waals surface area contributed by atoms with E-state index in [1.807, 2.05) is 13.2 Å². The van der Waals surface area contributed by atoms with Gasteiger partial charge in [0.15, 0.2) is 0 Å². The first kappa shape index (κ1) is 18.3. The molecule has 1 aromatic rings. The Morgan fingerprint density at radius 3 is 2.68 bits per heavy atom. The van der Waals surface area contributed by atoms with Crippen LogP contribution in [0.3, 0.4) is 0 Å². The van der Waals surface area contributed by atoms with Gasteiger partial charge in [-0.1, -0.05) is 38.5 Å². The summed E-state index contributed by atoms with van der Waals surface area (Å²) in [7, 11) is 1.81. The van der Waals surface area contributed by atoms with Gasteiger partial charge in [-0.15, -0.1) is 0 Å². The monoisotopic (exact) mass is 348 g/mol. The van der Waals surface area contributed by atoms with Crippen molar-refractivity contribution in [1.29, 1.82) is 0 Å². The maximum atomic E-state index is 10.3. The van der Waals surface area contributed by atoms with E-state index in [2.05, 4.69) is 10.6 Å². The van der Waals surface area contributed by atoms with E-state index in [-0.39, 0.29) is 11.8 Å². The van der Waals surface area contributed by atoms with Crippen LogP contribution in [-0.4, -0.2) is 36.2 Å².